The van der Waals surface area contributed by atoms with Crippen molar-refractivity contribution in [2.75, 3.05) is 4.90 Å². The lowest BCUT2D eigenvalue weighted by atomic mass is 9.92. The van der Waals surface area contributed by atoms with Crippen LogP contribution in [0, 0.1) is 0 Å². The van der Waals surface area contributed by atoms with Gasteiger partial charge in [-0.15, -0.1) is 0 Å². The molecule has 12 aromatic rings. The van der Waals surface area contributed by atoms with Crippen LogP contribution in [-0.2, 0) is 0 Å². The summed E-state index contributed by atoms with van der Waals surface area (Å²) in [7, 11) is 0. The molecule has 11 aromatic carbocycles. The van der Waals surface area contributed by atoms with E-state index < -0.39 is 0 Å². The number of anilines is 3. The number of hydrogen-bond acceptors (Lipinski definition) is 1. The van der Waals surface area contributed by atoms with Gasteiger partial charge in [-0.25, -0.2) is 0 Å². The Morgan fingerprint density at radius 3 is 1.36 bits per heavy atom. The Balaban J connectivity index is 1.12. The predicted molar refractivity (Wildman–Crippen MR) is 272 cm³/mol. The van der Waals surface area contributed by atoms with E-state index in [4.69, 9.17) is 0 Å². The molecular weight excluding hydrogens is 773 g/mol. The monoisotopic (exact) mass is 814 g/mol. The van der Waals surface area contributed by atoms with Crippen LogP contribution in [0.2, 0.25) is 0 Å². The average molecular weight is 815 g/mol. The maximum Gasteiger partial charge on any atom is 0.0561 e. The summed E-state index contributed by atoms with van der Waals surface area (Å²) in [6, 6.07) is 92.9. The molecule has 2 nitrogen and oxygen atoms in total. The van der Waals surface area contributed by atoms with Crippen LogP contribution >= 0.6 is 0 Å². The number of benzene rings is 11. The van der Waals surface area contributed by atoms with Crippen molar-refractivity contribution in [3.63, 3.8) is 0 Å². The van der Waals surface area contributed by atoms with Gasteiger partial charge >= 0.3 is 0 Å². The first kappa shape index (κ1) is 37.3. The molecule has 1 aromatic heterocycles. The van der Waals surface area contributed by atoms with Crippen LogP contribution in [0.3, 0.4) is 0 Å². The highest BCUT2D eigenvalue weighted by molar-refractivity contribution is 6.11. The van der Waals surface area contributed by atoms with E-state index >= 15 is 0 Å². The molecular formula is C62H42N2. The number of aromatic nitrogens is 1. The van der Waals surface area contributed by atoms with Crippen molar-refractivity contribution < 1.29 is 0 Å². The summed E-state index contributed by atoms with van der Waals surface area (Å²) in [5.74, 6) is 0. The third-order valence-corrected chi connectivity index (χ3v) is 12.8. The van der Waals surface area contributed by atoms with Gasteiger partial charge in [0.15, 0.2) is 0 Å². The summed E-state index contributed by atoms with van der Waals surface area (Å²) in [6.07, 6.45) is 0. The Kier molecular flexibility index (Phi) is 9.20. The van der Waals surface area contributed by atoms with Crippen molar-refractivity contribution in [2.24, 2.45) is 0 Å². The Morgan fingerprint density at radius 1 is 0.250 bits per heavy atom. The molecule has 0 N–H and O–H groups in total. The Labute approximate surface area is 373 Å². The van der Waals surface area contributed by atoms with Gasteiger partial charge in [-0.2, -0.15) is 0 Å². The second-order valence-corrected chi connectivity index (χ2v) is 16.5. The molecule has 0 amide bonds. The molecule has 0 spiro atoms. The molecule has 0 bridgehead atoms. The van der Waals surface area contributed by atoms with Crippen LogP contribution in [0.4, 0.5) is 17.1 Å². The summed E-state index contributed by atoms with van der Waals surface area (Å²) in [5, 5.41) is 7.36. The molecule has 0 saturated heterocycles. The third-order valence-electron chi connectivity index (χ3n) is 12.8. The van der Waals surface area contributed by atoms with E-state index in [2.05, 4.69) is 264 Å². The van der Waals surface area contributed by atoms with Gasteiger partial charge in [-0.3, -0.25) is 0 Å². The normalized spacial score (nSPS) is 11.4. The van der Waals surface area contributed by atoms with Gasteiger partial charge in [0, 0.05) is 33.5 Å². The van der Waals surface area contributed by atoms with E-state index in [-0.39, 0.29) is 0 Å². The van der Waals surface area contributed by atoms with E-state index in [1.807, 2.05) is 0 Å². The van der Waals surface area contributed by atoms with Gasteiger partial charge in [0.05, 0.1) is 11.0 Å². The minimum absolute atomic E-state index is 1.07. The lowest BCUT2D eigenvalue weighted by molar-refractivity contribution is 1.18. The summed E-state index contributed by atoms with van der Waals surface area (Å²) in [4.78, 5) is 2.45. The largest absolute Gasteiger partial charge is 0.310 e. The number of hydrogen-bond donors (Lipinski definition) is 0. The molecule has 0 saturated carbocycles. The summed E-state index contributed by atoms with van der Waals surface area (Å²) < 4.78 is 2.41. The van der Waals surface area contributed by atoms with Crippen molar-refractivity contribution in [3.05, 3.63) is 255 Å². The molecule has 12 rings (SSSR count). The summed E-state index contributed by atoms with van der Waals surface area (Å²) in [6.45, 7) is 0. The fourth-order valence-corrected chi connectivity index (χ4v) is 9.80. The zero-order chi connectivity index (χ0) is 42.4. The molecule has 300 valence electrons. The maximum absolute atomic E-state index is 2.45. The van der Waals surface area contributed by atoms with E-state index in [1.54, 1.807) is 0 Å². The van der Waals surface area contributed by atoms with E-state index in [0.29, 0.717) is 0 Å². The quantitative estimate of drug-likeness (QED) is 0.148. The molecule has 1 heterocycles. The first-order valence-corrected chi connectivity index (χ1v) is 22.0. The van der Waals surface area contributed by atoms with E-state index in [1.165, 1.54) is 71.2 Å². The van der Waals surface area contributed by atoms with Crippen molar-refractivity contribution in [3.8, 4) is 50.2 Å². The van der Waals surface area contributed by atoms with Crippen LogP contribution < -0.4 is 4.90 Å². The van der Waals surface area contributed by atoms with Crippen LogP contribution in [0.1, 0.15) is 0 Å². The van der Waals surface area contributed by atoms with Crippen LogP contribution in [-0.4, -0.2) is 4.57 Å². The van der Waals surface area contributed by atoms with Crippen molar-refractivity contribution in [1.29, 1.82) is 0 Å². The first-order chi connectivity index (χ1) is 31.7. The van der Waals surface area contributed by atoms with Gasteiger partial charge in [0.1, 0.15) is 0 Å². The second-order valence-electron chi connectivity index (χ2n) is 16.5. The maximum atomic E-state index is 2.45. The topological polar surface area (TPSA) is 8.17 Å². The van der Waals surface area contributed by atoms with Gasteiger partial charge in [-0.1, -0.05) is 194 Å². The zero-order valence-corrected chi connectivity index (χ0v) is 35.1. The van der Waals surface area contributed by atoms with Crippen molar-refractivity contribution in [1.82, 2.24) is 4.57 Å². The molecule has 0 radical (unpaired) electrons. The average Bonchev–Trinajstić information content (AvgIpc) is 3.70. The lowest BCUT2D eigenvalue weighted by Crippen LogP contribution is -2.10. The van der Waals surface area contributed by atoms with Gasteiger partial charge in [0.25, 0.3) is 0 Å². The fraction of sp³-hybridized carbons (Fsp3) is 0. The summed E-state index contributed by atoms with van der Waals surface area (Å²) >= 11 is 0. The standard InChI is InChI=1S/C62H42N2/c1-3-17-43(18-4-1)53-27-11-12-28-56(53)46-33-35-50(36-34-46)63(51-37-38-60-59-29-13-14-32-61(59)64(62(60)42-51)49-23-5-2-6-24-49)52-40-47(57-30-15-21-44-19-7-9-25-54(44)57)39-48(41-52)58-31-16-22-45-20-8-10-26-55(45)58/h1-42H. The van der Waals surface area contributed by atoms with Crippen LogP contribution in [0.25, 0.3) is 93.5 Å². The molecule has 0 unspecified atom stereocenters. The highest BCUT2D eigenvalue weighted by Crippen LogP contribution is 2.45. The number of rotatable bonds is 8. The molecule has 64 heavy (non-hydrogen) atoms. The minimum Gasteiger partial charge on any atom is -0.310 e. The number of nitrogens with zero attached hydrogens (tertiary/aromatic N) is 2. The molecule has 0 atom stereocenters. The van der Waals surface area contributed by atoms with E-state index in [9.17, 15) is 0 Å². The second kappa shape index (κ2) is 15.8. The number of fused-ring (bicyclic) bond motifs is 5. The highest BCUT2D eigenvalue weighted by Gasteiger charge is 2.21. The third kappa shape index (κ3) is 6.52. The minimum atomic E-state index is 1.07. The number of para-hydroxylation sites is 2. The summed E-state index contributed by atoms with van der Waals surface area (Å²) in [5.41, 5.74) is 16.2. The SMILES string of the molecule is c1ccc(-c2ccccc2-c2ccc(N(c3cc(-c4cccc5ccccc45)cc(-c4cccc5ccccc45)c3)c3ccc4c5ccccc5n(-c5ccccc5)c4c3)cc2)cc1. The Bertz CT molecular complexity index is 3550. The highest BCUT2D eigenvalue weighted by atomic mass is 15.1. The van der Waals surface area contributed by atoms with Gasteiger partial charge in [0.2, 0.25) is 0 Å². The molecule has 2 heteroatoms. The predicted octanol–water partition coefficient (Wildman–Crippen LogP) is 17.2. The van der Waals surface area contributed by atoms with Crippen LogP contribution in [0.15, 0.2) is 255 Å². The first-order valence-electron chi connectivity index (χ1n) is 22.0. The molecule has 0 fully saturated rings. The van der Waals surface area contributed by atoms with Gasteiger partial charge in [-0.05, 0) is 127 Å². The molecule has 0 aliphatic rings. The molecule has 0 aliphatic carbocycles. The fourth-order valence-electron chi connectivity index (χ4n) is 9.80. The van der Waals surface area contributed by atoms with Crippen LogP contribution in [0.5, 0.6) is 0 Å². The Morgan fingerprint density at radius 2 is 0.719 bits per heavy atom. The Hall–Kier alpha value is -8.46. The lowest BCUT2D eigenvalue weighted by Gasteiger charge is -2.28. The van der Waals surface area contributed by atoms with Crippen molar-refractivity contribution in [2.45, 2.75) is 0 Å². The zero-order valence-electron chi connectivity index (χ0n) is 35.1. The molecule has 0 aliphatic heterocycles. The van der Waals surface area contributed by atoms with Gasteiger partial charge < -0.3 is 9.47 Å². The van der Waals surface area contributed by atoms with Crippen molar-refractivity contribution >= 4 is 60.4 Å². The van der Waals surface area contributed by atoms with E-state index in [0.717, 1.165) is 39.4 Å². The smallest absolute Gasteiger partial charge is 0.0561 e.